The van der Waals surface area contributed by atoms with E-state index in [9.17, 15) is 18.3 Å². The number of ether oxygens (including phenoxy) is 1. The van der Waals surface area contributed by atoms with E-state index in [-0.39, 0.29) is 24.8 Å². The summed E-state index contributed by atoms with van der Waals surface area (Å²) in [5.41, 5.74) is 0.0675. The summed E-state index contributed by atoms with van der Waals surface area (Å²) in [7, 11) is -3.09. The summed E-state index contributed by atoms with van der Waals surface area (Å²) in [4.78, 5) is 12.0. The lowest BCUT2D eigenvalue weighted by Crippen LogP contribution is -2.43. The summed E-state index contributed by atoms with van der Waals surface area (Å²) in [6.07, 6.45) is 1.67. The van der Waals surface area contributed by atoms with Crippen LogP contribution in [0.5, 0.6) is 0 Å². The number of hydrogen-bond acceptors (Lipinski definition) is 5. The molecule has 1 atom stereocenters. The van der Waals surface area contributed by atoms with E-state index < -0.39 is 15.4 Å². The van der Waals surface area contributed by atoms with Crippen molar-refractivity contribution in [3.8, 4) is 0 Å². The standard InChI is InChI=1S/C14H19NO5S/c1-21(18,19)8-11-2-4-12(5-3-11)13(16)15-9-14(17)6-7-20-10-14/h2-5,17H,6-10H2,1H3,(H,15,16). The fourth-order valence-electron chi connectivity index (χ4n) is 2.14. The Labute approximate surface area is 124 Å². The molecule has 0 bridgehead atoms. The minimum absolute atomic E-state index is 0.0496. The maximum Gasteiger partial charge on any atom is 0.251 e. The SMILES string of the molecule is CS(=O)(=O)Cc1ccc(C(=O)NCC2(O)CCOC2)cc1. The average Bonchev–Trinajstić information content (AvgIpc) is 2.82. The van der Waals surface area contributed by atoms with Crippen LogP contribution < -0.4 is 5.32 Å². The van der Waals surface area contributed by atoms with E-state index >= 15 is 0 Å². The first kappa shape index (κ1) is 15.9. The molecule has 1 fully saturated rings. The van der Waals surface area contributed by atoms with Gasteiger partial charge in [-0.1, -0.05) is 12.1 Å². The zero-order valence-electron chi connectivity index (χ0n) is 11.8. The first-order chi connectivity index (χ1) is 9.77. The van der Waals surface area contributed by atoms with Crippen LogP contribution in [0.3, 0.4) is 0 Å². The van der Waals surface area contributed by atoms with Crippen LogP contribution >= 0.6 is 0 Å². The lowest BCUT2D eigenvalue weighted by molar-refractivity contribution is 0.0264. The van der Waals surface area contributed by atoms with Gasteiger partial charge in [-0.15, -0.1) is 0 Å². The van der Waals surface area contributed by atoms with Crippen LogP contribution in [-0.4, -0.2) is 51.0 Å². The van der Waals surface area contributed by atoms with Crippen LogP contribution in [0.4, 0.5) is 0 Å². The number of benzene rings is 1. The molecular formula is C14H19NO5S. The number of amides is 1. The number of hydrogen-bond donors (Lipinski definition) is 2. The van der Waals surface area contributed by atoms with Crippen molar-refractivity contribution >= 4 is 15.7 Å². The van der Waals surface area contributed by atoms with E-state index in [2.05, 4.69) is 5.32 Å². The minimum atomic E-state index is -3.09. The predicted octanol–water partition coefficient (Wildman–Crippen LogP) is 0.112. The second kappa shape index (κ2) is 6.13. The Kier molecular flexibility index (Phi) is 4.65. The number of aliphatic hydroxyl groups is 1. The van der Waals surface area contributed by atoms with Crippen molar-refractivity contribution in [2.75, 3.05) is 26.0 Å². The third-order valence-electron chi connectivity index (χ3n) is 3.31. The molecule has 1 heterocycles. The van der Waals surface area contributed by atoms with Gasteiger partial charge in [0.05, 0.1) is 12.4 Å². The number of nitrogens with one attached hydrogen (secondary N) is 1. The number of carbonyl (C=O) groups excluding carboxylic acids is 1. The van der Waals surface area contributed by atoms with Gasteiger partial charge in [0.15, 0.2) is 9.84 Å². The second-order valence-electron chi connectivity index (χ2n) is 5.48. The van der Waals surface area contributed by atoms with Crippen LogP contribution in [0.2, 0.25) is 0 Å². The Morgan fingerprint density at radius 3 is 2.57 bits per heavy atom. The van der Waals surface area contributed by atoms with E-state index in [0.717, 1.165) is 6.26 Å². The Bertz CT molecular complexity index is 603. The number of carbonyl (C=O) groups is 1. The van der Waals surface area contributed by atoms with Crippen molar-refractivity contribution in [3.63, 3.8) is 0 Å². The van der Waals surface area contributed by atoms with Gasteiger partial charge in [0.2, 0.25) is 0 Å². The highest BCUT2D eigenvalue weighted by Gasteiger charge is 2.32. The smallest absolute Gasteiger partial charge is 0.251 e. The highest BCUT2D eigenvalue weighted by Crippen LogP contribution is 2.17. The quantitative estimate of drug-likeness (QED) is 0.805. The molecule has 2 rings (SSSR count). The molecule has 1 unspecified atom stereocenters. The molecule has 0 saturated carbocycles. The van der Waals surface area contributed by atoms with Crippen LogP contribution in [0.15, 0.2) is 24.3 Å². The van der Waals surface area contributed by atoms with Crippen molar-refractivity contribution in [2.45, 2.75) is 17.8 Å². The minimum Gasteiger partial charge on any atom is -0.386 e. The number of sulfone groups is 1. The lowest BCUT2D eigenvalue weighted by Gasteiger charge is -2.20. The molecular weight excluding hydrogens is 294 g/mol. The molecule has 0 aromatic heterocycles. The first-order valence-electron chi connectivity index (χ1n) is 6.62. The number of rotatable bonds is 5. The molecule has 0 spiro atoms. The van der Waals surface area contributed by atoms with E-state index in [1.165, 1.54) is 0 Å². The molecule has 7 heteroatoms. The Morgan fingerprint density at radius 1 is 1.38 bits per heavy atom. The maximum absolute atomic E-state index is 12.0. The van der Waals surface area contributed by atoms with Gasteiger partial charge in [-0.2, -0.15) is 0 Å². The van der Waals surface area contributed by atoms with Gasteiger partial charge in [0, 0.05) is 31.4 Å². The molecule has 1 amide bonds. The third kappa shape index (κ3) is 4.80. The lowest BCUT2D eigenvalue weighted by atomic mass is 10.0. The molecule has 1 saturated heterocycles. The van der Waals surface area contributed by atoms with E-state index in [0.29, 0.717) is 24.2 Å². The van der Waals surface area contributed by atoms with Gasteiger partial charge in [0.1, 0.15) is 5.60 Å². The topological polar surface area (TPSA) is 92.7 Å². The van der Waals surface area contributed by atoms with Crippen molar-refractivity contribution < 1.29 is 23.1 Å². The van der Waals surface area contributed by atoms with E-state index in [1.807, 2.05) is 0 Å². The van der Waals surface area contributed by atoms with Crippen molar-refractivity contribution in [2.24, 2.45) is 0 Å². The van der Waals surface area contributed by atoms with Crippen molar-refractivity contribution in [1.82, 2.24) is 5.32 Å². The zero-order valence-corrected chi connectivity index (χ0v) is 12.6. The predicted molar refractivity (Wildman–Crippen MR) is 77.7 cm³/mol. The van der Waals surface area contributed by atoms with Gasteiger partial charge in [-0.05, 0) is 17.7 Å². The second-order valence-corrected chi connectivity index (χ2v) is 7.62. The summed E-state index contributed by atoms with van der Waals surface area (Å²) < 4.78 is 27.5. The van der Waals surface area contributed by atoms with E-state index in [1.54, 1.807) is 24.3 Å². The van der Waals surface area contributed by atoms with Gasteiger partial charge in [-0.25, -0.2) is 8.42 Å². The molecule has 1 aromatic carbocycles. The largest absolute Gasteiger partial charge is 0.386 e. The molecule has 116 valence electrons. The maximum atomic E-state index is 12.0. The van der Waals surface area contributed by atoms with Crippen LogP contribution in [-0.2, 0) is 20.3 Å². The van der Waals surface area contributed by atoms with Gasteiger partial charge in [0.25, 0.3) is 5.91 Å². The van der Waals surface area contributed by atoms with Crippen molar-refractivity contribution in [3.05, 3.63) is 35.4 Å². The fraction of sp³-hybridized carbons (Fsp3) is 0.500. The third-order valence-corrected chi connectivity index (χ3v) is 4.16. The molecule has 0 radical (unpaired) electrons. The van der Waals surface area contributed by atoms with Crippen molar-refractivity contribution in [1.29, 1.82) is 0 Å². The van der Waals surface area contributed by atoms with Gasteiger partial charge >= 0.3 is 0 Å². The highest BCUT2D eigenvalue weighted by molar-refractivity contribution is 7.89. The van der Waals surface area contributed by atoms with E-state index in [4.69, 9.17) is 4.74 Å². The molecule has 1 aliphatic rings. The molecule has 21 heavy (non-hydrogen) atoms. The summed E-state index contributed by atoms with van der Waals surface area (Å²) in [6, 6.07) is 6.38. The molecule has 2 N–H and O–H groups in total. The summed E-state index contributed by atoms with van der Waals surface area (Å²) in [5, 5.41) is 12.7. The normalized spacial score (nSPS) is 22.2. The summed E-state index contributed by atoms with van der Waals surface area (Å²) >= 11 is 0. The Hall–Kier alpha value is -1.44. The van der Waals surface area contributed by atoms with Gasteiger partial charge in [-0.3, -0.25) is 4.79 Å². The summed E-state index contributed by atoms with van der Waals surface area (Å²) in [5.74, 6) is -0.354. The van der Waals surface area contributed by atoms with Crippen LogP contribution in [0.1, 0.15) is 22.3 Å². The highest BCUT2D eigenvalue weighted by atomic mass is 32.2. The molecule has 0 aliphatic carbocycles. The zero-order chi connectivity index (χ0) is 15.5. The fourth-order valence-corrected chi connectivity index (χ4v) is 2.94. The monoisotopic (exact) mass is 313 g/mol. The Morgan fingerprint density at radius 2 is 2.05 bits per heavy atom. The molecule has 1 aromatic rings. The Balaban J connectivity index is 1.93. The molecule has 6 nitrogen and oxygen atoms in total. The van der Waals surface area contributed by atoms with Crippen LogP contribution in [0.25, 0.3) is 0 Å². The van der Waals surface area contributed by atoms with Crippen LogP contribution in [0, 0.1) is 0 Å². The average molecular weight is 313 g/mol. The van der Waals surface area contributed by atoms with Gasteiger partial charge < -0.3 is 15.2 Å². The molecule has 1 aliphatic heterocycles. The summed E-state index contributed by atoms with van der Waals surface area (Å²) in [6.45, 7) is 0.851. The first-order valence-corrected chi connectivity index (χ1v) is 8.68.